The maximum atomic E-state index is 12.7. The van der Waals surface area contributed by atoms with Crippen LogP contribution in [0.15, 0.2) is 54.7 Å². The fraction of sp³-hybridized carbons (Fsp3) is 0.321. The molecule has 9 heteroatoms. The van der Waals surface area contributed by atoms with E-state index in [1.807, 2.05) is 24.3 Å². The predicted molar refractivity (Wildman–Crippen MR) is 142 cm³/mol. The fourth-order valence-electron chi connectivity index (χ4n) is 4.69. The van der Waals surface area contributed by atoms with Crippen LogP contribution in [0, 0.1) is 0 Å². The number of phenolic OH excluding ortho intramolecular Hbond substituents is 1. The third kappa shape index (κ3) is 5.58. The molecule has 5 rings (SSSR count). The van der Waals surface area contributed by atoms with Crippen LogP contribution < -0.4 is 10.1 Å². The van der Waals surface area contributed by atoms with Crippen LogP contribution in [-0.2, 0) is 0 Å². The zero-order valence-electron chi connectivity index (χ0n) is 20.8. The number of aromatic nitrogens is 3. The minimum absolute atomic E-state index is 0.0897. The Balaban J connectivity index is 1.28. The number of carbonyl (C=O) groups excluding carboxylic acids is 1. The van der Waals surface area contributed by atoms with Crippen LogP contribution in [0.3, 0.4) is 0 Å². The van der Waals surface area contributed by atoms with Gasteiger partial charge in [0, 0.05) is 37.0 Å². The van der Waals surface area contributed by atoms with Gasteiger partial charge in [0.05, 0.1) is 29.8 Å². The van der Waals surface area contributed by atoms with Gasteiger partial charge < -0.3 is 30.2 Å². The van der Waals surface area contributed by atoms with E-state index in [1.54, 1.807) is 37.6 Å². The molecule has 37 heavy (non-hydrogen) atoms. The molecule has 0 spiro atoms. The molecule has 1 saturated heterocycles. The van der Waals surface area contributed by atoms with Gasteiger partial charge in [0.25, 0.3) is 5.91 Å². The molecule has 3 heterocycles. The number of fused-ring (bicyclic) bond motifs is 1. The number of pyridine rings is 1. The average molecular weight is 502 g/mol. The van der Waals surface area contributed by atoms with Gasteiger partial charge in [-0.15, -0.1) is 0 Å². The van der Waals surface area contributed by atoms with Crippen molar-refractivity contribution in [2.45, 2.75) is 25.4 Å². The summed E-state index contributed by atoms with van der Waals surface area (Å²) in [4.78, 5) is 27.2. The minimum Gasteiger partial charge on any atom is -0.507 e. The second-order valence-electron chi connectivity index (χ2n) is 9.29. The number of phenols is 1. The van der Waals surface area contributed by atoms with E-state index in [4.69, 9.17) is 4.74 Å². The van der Waals surface area contributed by atoms with Crippen LogP contribution in [0.2, 0.25) is 0 Å². The molecule has 1 aliphatic rings. The van der Waals surface area contributed by atoms with E-state index in [2.05, 4.69) is 25.2 Å². The lowest BCUT2D eigenvalue weighted by Crippen LogP contribution is -2.37. The molecule has 1 aliphatic heterocycles. The molecule has 192 valence electrons. The van der Waals surface area contributed by atoms with Crippen molar-refractivity contribution >= 4 is 16.9 Å². The monoisotopic (exact) mass is 501 g/mol. The highest BCUT2D eigenvalue weighted by Crippen LogP contribution is 2.35. The third-order valence-corrected chi connectivity index (χ3v) is 6.77. The van der Waals surface area contributed by atoms with E-state index in [0.29, 0.717) is 34.9 Å². The number of nitrogens with zero attached hydrogens (tertiary/aromatic N) is 3. The van der Waals surface area contributed by atoms with Gasteiger partial charge in [0.1, 0.15) is 11.6 Å². The number of ether oxygens (including phenoxy) is 1. The predicted octanol–water partition coefficient (Wildman–Crippen LogP) is 3.58. The summed E-state index contributed by atoms with van der Waals surface area (Å²) < 4.78 is 5.38. The lowest BCUT2D eigenvalue weighted by Gasteiger charge is -2.29. The maximum absolute atomic E-state index is 12.7. The molecule has 1 amide bonds. The molecule has 0 bridgehead atoms. The van der Waals surface area contributed by atoms with Crippen molar-refractivity contribution in [2.75, 3.05) is 33.3 Å². The highest BCUT2D eigenvalue weighted by molar-refractivity contribution is 5.97. The second-order valence-corrected chi connectivity index (χ2v) is 9.29. The van der Waals surface area contributed by atoms with Crippen LogP contribution >= 0.6 is 0 Å². The van der Waals surface area contributed by atoms with Gasteiger partial charge in [-0.1, -0.05) is 6.07 Å². The molecular formula is C28H31N5O4. The summed E-state index contributed by atoms with van der Waals surface area (Å²) in [5.41, 5.74) is 4.11. The smallest absolute Gasteiger partial charge is 0.251 e. The summed E-state index contributed by atoms with van der Waals surface area (Å²) in [5, 5.41) is 23.2. The third-order valence-electron chi connectivity index (χ3n) is 6.77. The number of likely N-dealkylation sites (tertiary alicyclic amines) is 1. The maximum Gasteiger partial charge on any atom is 0.251 e. The molecule has 2 aromatic carbocycles. The standard InChI is InChI=1S/C28H31N5O4/c1-37-28-21(4-2-11-30-28)18-6-8-25(35)22(16-18)26-31-23-7-5-19(17-24(23)32-26)27(36)29-12-3-13-33-14-9-20(34)10-15-33/h2,4-8,11,16-17,20,34-35H,3,9-10,12-15H2,1H3,(H,29,36)(H,31,32). The van der Waals surface area contributed by atoms with Gasteiger partial charge >= 0.3 is 0 Å². The van der Waals surface area contributed by atoms with Crippen molar-refractivity contribution in [3.05, 3.63) is 60.3 Å². The second kappa shape index (κ2) is 11.0. The van der Waals surface area contributed by atoms with Crippen molar-refractivity contribution in [2.24, 2.45) is 0 Å². The Hall–Kier alpha value is -3.95. The zero-order valence-corrected chi connectivity index (χ0v) is 20.8. The van der Waals surface area contributed by atoms with Crippen LogP contribution in [0.4, 0.5) is 0 Å². The van der Waals surface area contributed by atoms with Crippen LogP contribution in [-0.4, -0.2) is 75.4 Å². The highest BCUT2D eigenvalue weighted by atomic mass is 16.5. The Bertz CT molecular complexity index is 1390. The first-order valence-electron chi connectivity index (χ1n) is 12.5. The van der Waals surface area contributed by atoms with E-state index >= 15 is 0 Å². The summed E-state index contributed by atoms with van der Waals surface area (Å²) >= 11 is 0. The van der Waals surface area contributed by atoms with Crippen LogP contribution in [0.5, 0.6) is 11.6 Å². The fourth-order valence-corrected chi connectivity index (χ4v) is 4.69. The minimum atomic E-state index is -0.175. The quantitative estimate of drug-likeness (QED) is 0.272. The number of nitrogens with one attached hydrogen (secondary N) is 2. The largest absolute Gasteiger partial charge is 0.507 e. The number of H-pyrrole nitrogens is 1. The molecule has 0 atom stereocenters. The number of aromatic amines is 1. The van der Waals surface area contributed by atoms with Gasteiger partial charge in [-0.25, -0.2) is 9.97 Å². The number of aliphatic hydroxyl groups is 1. The van der Waals surface area contributed by atoms with Gasteiger partial charge in [0.15, 0.2) is 0 Å². The molecule has 9 nitrogen and oxygen atoms in total. The average Bonchev–Trinajstić information content (AvgIpc) is 3.35. The lowest BCUT2D eigenvalue weighted by molar-refractivity contribution is 0.0816. The Kier molecular flexibility index (Phi) is 7.34. The molecule has 0 radical (unpaired) electrons. The molecule has 4 N–H and O–H groups in total. The Morgan fingerprint density at radius 1 is 1.16 bits per heavy atom. The van der Waals surface area contributed by atoms with E-state index < -0.39 is 0 Å². The van der Waals surface area contributed by atoms with Gasteiger partial charge in [-0.05, 0) is 73.8 Å². The van der Waals surface area contributed by atoms with E-state index in [9.17, 15) is 15.0 Å². The Morgan fingerprint density at radius 2 is 2.00 bits per heavy atom. The molecule has 2 aromatic heterocycles. The molecular weight excluding hydrogens is 470 g/mol. The zero-order chi connectivity index (χ0) is 25.8. The normalized spacial score (nSPS) is 14.6. The topological polar surface area (TPSA) is 124 Å². The van der Waals surface area contributed by atoms with E-state index in [-0.39, 0.29) is 17.8 Å². The van der Waals surface area contributed by atoms with Gasteiger partial charge in [-0.3, -0.25) is 4.79 Å². The van der Waals surface area contributed by atoms with Crippen molar-refractivity contribution in [1.82, 2.24) is 25.2 Å². The number of hydrogen-bond donors (Lipinski definition) is 4. The first kappa shape index (κ1) is 24.7. The number of benzene rings is 2. The summed E-state index contributed by atoms with van der Waals surface area (Å²) in [6.07, 6.45) is 3.98. The summed E-state index contributed by atoms with van der Waals surface area (Å²) in [6, 6.07) is 14.3. The number of carbonyl (C=O) groups is 1. The van der Waals surface area contributed by atoms with E-state index in [1.165, 1.54) is 0 Å². The summed E-state index contributed by atoms with van der Waals surface area (Å²) in [7, 11) is 1.57. The number of piperidine rings is 1. The molecule has 4 aromatic rings. The molecule has 1 fully saturated rings. The lowest BCUT2D eigenvalue weighted by atomic mass is 10.0. The van der Waals surface area contributed by atoms with Crippen molar-refractivity contribution in [1.29, 1.82) is 0 Å². The number of imidazole rings is 1. The number of rotatable bonds is 8. The van der Waals surface area contributed by atoms with Crippen LogP contribution in [0.25, 0.3) is 33.5 Å². The van der Waals surface area contributed by atoms with Gasteiger partial charge in [0.2, 0.25) is 5.88 Å². The number of hydrogen-bond acceptors (Lipinski definition) is 7. The summed E-state index contributed by atoms with van der Waals surface area (Å²) in [6.45, 7) is 3.30. The molecule has 0 unspecified atom stereocenters. The van der Waals surface area contributed by atoms with Gasteiger partial charge in [-0.2, -0.15) is 0 Å². The Labute approximate surface area is 215 Å². The first-order valence-corrected chi connectivity index (χ1v) is 12.5. The summed E-state index contributed by atoms with van der Waals surface area (Å²) in [5.74, 6) is 0.941. The van der Waals surface area contributed by atoms with E-state index in [0.717, 1.165) is 55.5 Å². The van der Waals surface area contributed by atoms with Crippen molar-refractivity contribution < 1.29 is 19.7 Å². The number of aliphatic hydroxyl groups excluding tert-OH is 1. The number of aromatic hydroxyl groups is 1. The molecule has 0 saturated carbocycles. The first-order chi connectivity index (χ1) is 18.0. The van der Waals surface area contributed by atoms with Crippen molar-refractivity contribution in [3.63, 3.8) is 0 Å². The SMILES string of the molecule is COc1ncccc1-c1ccc(O)c(-c2nc3cc(C(=O)NCCCN4CCC(O)CC4)ccc3[nH]2)c1. The molecule has 0 aliphatic carbocycles. The number of amides is 1. The van der Waals surface area contributed by atoms with Crippen molar-refractivity contribution in [3.8, 4) is 34.1 Å². The van der Waals surface area contributed by atoms with Crippen LogP contribution in [0.1, 0.15) is 29.6 Å². The number of methoxy groups -OCH3 is 1. The Morgan fingerprint density at radius 3 is 2.81 bits per heavy atom. The highest BCUT2D eigenvalue weighted by Gasteiger charge is 2.17.